The molecular weight excluding hydrogens is 156 g/mol. The van der Waals surface area contributed by atoms with Gasteiger partial charge in [-0.05, 0) is 6.42 Å². The second kappa shape index (κ2) is 5.14. The first kappa shape index (κ1) is 9.52. The van der Waals surface area contributed by atoms with Crippen LogP contribution in [0.25, 0.3) is 0 Å². The van der Waals surface area contributed by atoms with Gasteiger partial charge < -0.3 is 9.47 Å². The zero-order chi connectivity index (χ0) is 8.81. The third-order valence-corrected chi connectivity index (χ3v) is 1.92. The first-order valence-electron chi connectivity index (χ1n) is 4.60. The van der Waals surface area contributed by atoms with Crippen LogP contribution in [0.15, 0.2) is 0 Å². The lowest BCUT2D eigenvalue weighted by molar-refractivity contribution is -0.170. The molecule has 1 saturated heterocycles. The molecule has 1 fully saturated rings. The summed E-state index contributed by atoms with van der Waals surface area (Å²) < 4.78 is 10.2. The Labute approximate surface area is 73.0 Å². The molecule has 3 nitrogen and oxygen atoms in total. The Morgan fingerprint density at radius 3 is 2.92 bits per heavy atom. The zero-order valence-corrected chi connectivity index (χ0v) is 7.54. The standard InChI is InChI=1S/C9H16O3/c1-2-3-5-11-6-4-8-7-9(10)12-8/h8H,2-7H2,1H3. The summed E-state index contributed by atoms with van der Waals surface area (Å²) in [5.41, 5.74) is 0. The minimum atomic E-state index is -0.0754. The Morgan fingerprint density at radius 1 is 1.58 bits per heavy atom. The van der Waals surface area contributed by atoms with Gasteiger partial charge in [-0.25, -0.2) is 0 Å². The predicted molar refractivity (Wildman–Crippen MR) is 44.8 cm³/mol. The van der Waals surface area contributed by atoms with Gasteiger partial charge in [-0.2, -0.15) is 0 Å². The van der Waals surface area contributed by atoms with Crippen LogP contribution in [-0.4, -0.2) is 25.3 Å². The minimum absolute atomic E-state index is 0.0754. The average molecular weight is 172 g/mol. The maximum absolute atomic E-state index is 10.4. The summed E-state index contributed by atoms with van der Waals surface area (Å²) in [6.45, 7) is 3.69. The first-order chi connectivity index (χ1) is 5.83. The quantitative estimate of drug-likeness (QED) is 0.450. The van der Waals surface area contributed by atoms with Crippen molar-refractivity contribution in [2.75, 3.05) is 13.2 Å². The highest BCUT2D eigenvalue weighted by Crippen LogP contribution is 2.16. The van der Waals surface area contributed by atoms with Crippen LogP contribution in [0.2, 0.25) is 0 Å². The van der Waals surface area contributed by atoms with E-state index in [1.54, 1.807) is 0 Å². The van der Waals surface area contributed by atoms with Gasteiger partial charge >= 0.3 is 5.97 Å². The van der Waals surface area contributed by atoms with E-state index in [1.165, 1.54) is 6.42 Å². The molecule has 1 unspecified atom stereocenters. The van der Waals surface area contributed by atoms with Crippen molar-refractivity contribution in [1.82, 2.24) is 0 Å². The molecular formula is C9H16O3. The Hall–Kier alpha value is -0.570. The molecule has 0 N–H and O–H groups in total. The molecule has 3 heteroatoms. The highest BCUT2D eigenvalue weighted by molar-refractivity contribution is 5.75. The van der Waals surface area contributed by atoms with Gasteiger partial charge in [0.05, 0.1) is 13.0 Å². The number of carbonyl (C=O) groups is 1. The molecule has 0 aromatic rings. The summed E-state index contributed by atoms with van der Waals surface area (Å²) in [5.74, 6) is -0.0754. The van der Waals surface area contributed by atoms with Gasteiger partial charge in [0.15, 0.2) is 0 Å². The maximum atomic E-state index is 10.4. The topological polar surface area (TPSA) is 35.5 Å². The van der Waals surface area contributed by atoms with E-state index < -0.39 is 0 Å². The molecule has 0 spiro atoms. The van der Waals surface area contributed by atoms with Gasteiger partial charge in [0, 0.05) is 13.0 Å². The van der Waals surface area contributed by atoms with Gasteiger partial charge in [0.25, 0.3) is 0 Å². The van der Waals surface area contributed by atoms with Gasteiger partial charge in [0.2, 0.25) is 0 Å². The molecule has 0 radical (unpaired) electrons. The lowest BCUT2D eigenvalue weighted by Gasteiger charge is -2.25. The fourth-order valence-electron chi connectivity index (χ4n) is 1.09. The smallest absolute Gasteiger partial charge is 0.309 e. The van der Waals surface area contributed by atoms with Gasteiger partial charge in [-0.3, -0.25) is 4.79 Å². The summed E-state index contributed by atoms with van der Waals surface area (Å²) in [6, 6.07) is 0. The number of unbranched alkanes of at least 4 members (excludes halogenated alkanes) is 1. The minimum Gasteiger partial charge on any atom is -0.462 e. The number of carbonyl (C=O) groups excluding carboxylic acids is 1. The van der Waals surface area contributed by atoms with Crippen LogP contribution in [0, 0.1) is 0 Å². The molecule has 12 heavy (non-hydrogen) atoms. The third-order valence-electron chi connectivity index (χ3n) is 1.92. The van der Waals surface area contributed by atoms with Crippen LogP contribution in [0.4, 0.5) is 0 Å². The molecule has 1 heterocycles. The predicted octanol–water partition coefficient (Wildman–Crippen LogP) is 1.51. The number of hydrogen-bond acceptors (Lipinski definition) is 3. The average Bonchev–Trinajstić information content (AvgIpc) is 2.00. The lowest BCUT2D eigenvalue weighted by atomic mass is 10.1. The molecule has 1 rings (SSSR count). The molecule has 0 aliphatic carbocycles. The Bertz CT molecular complexity index is 137. The van der Waals surface area contributed by atoms with Crippen molar-refractivity contribution in [3.05, 3.63) is 0 Å². The molecule has 0 aromatic carbocycles. The normalized spacial score (nSPS) is 21.8. The van der Waals surface area contributed by atoms with Crippen molar-refractivity contribution in [2.45, 2.75) is 38.7 Å². The van der Waals surface area contributed by atoms with Crippen LogP contribution in [0.5, 0.6) is 0 Å². The first-order valence-corrected chi connectivity index (χ1v) is 4.60. The fraction of sp³-hybridized carbons (Fsp3) is 0.889. The van der Waals surface area contributed by atoms with Crippen molar-refractivity contribution in [3.63, 3.8) is 0 Å². The number of cyclic esters (lactones) is 1. The third kappa shape index (κ3) is 3.22. The van der Waals surface area contributed by atoms with Crippen LogP contribution in [0.3, 0.4) is 0 Å². The Kier molecular flexibility index (Phi) is 4.08. The van der Waals surface area contributed by atoms with Crippen LogP contribution in [0.1, 0.15) is 32.6 Å². The number of ether oxygens (including phenoxy) is 2. The summed E-state index contributed by atoms with van der Waals surface area (Å²) in [4.78, 5) is 10.4. The number of hydrogen-bond donors (Lipinski definition) is 0. The lowest BCUT2D eigenvalue weighted by Crippen LogP contribution is -2.33. The van der Waals surface area contributed by atoms with Crippen molar-refractivity contribution in [3.8, 4) is 0 Å². The molecule has 0 saturated carbocycles. The van der Waals surface area contributed by atoms with Gasteiger partial charge in [0.1, 0.15) is 6.10 Å². The van der Waals surface area contributed by atoms with Gasteiger partial charge in [-0.1, -0.05) is 13.3 Å². The van der Waals surface area contributed by atoms with E-state index in [0.717, 1.165) is 26.1 Å². The van der Waals surface area contributed by atoms with Crippen LogP contribution < -0.4 is 0 Å². The summed E-state index contributed by atoms with van der Waals surface area (Å²) >= 11 is 0. The second-order valence-corrected chi connectivity index (χ2v) is 3.07. The van der Waals surface area contributed by atoms with Crippen molar-refractivity contribution in [2.24, 2.45) is 0 Å². The van der Waals surface area contributed by atoms with E-state index in [-0.39, 0.29) is 12.1 Å². The summed E-state index contributed by atoms with van der Waals surface area (Å²) in [5, 5.41) is 0. The Morgan fingerprint density at radius 2 is 2.33 bits per heavy atom. The second-order valence-electron chi connectivity index (χ2n) is 3.07. The van der Waals surface area contributed by atoms with E-state index in [0.29, 0.717) is 6.42 Å². The number of rotatable bonds is 6. The van der Waals surface area contributed by atoms with E-state index >= 15 is 0 Å². The molecule has 70 valence electrons. The molecule has 1 atom stereocenters. The summed E-state index contributed by atoms with van der Waals surface area (Å²) in [7, 11) is 0. The highest BCUT2D eigenvalue weighted by atomic mass is 16.6. The zero-order valence-electron chi connectivity index (χ0n) is 7.54. The summed E-state index contributed by atoms with van der Waals surface area (Å²) in [6.07, 6.45) is 3.86. The Balaban J connectivity index is 1.80. The van der Waals surface area contributed by atoms with Crippen LogP contribution in [-0.2, 0) is 14.3 Å². The van der Waals surface area contributed by atoms with Crippen molar-refractivity contribution in [1.29, 1.82) is 0 Å². The van der Waals surface area contributed by atoms with Crippen molar-refractivity contribution >= 4 is 5.97 Å². The molecule has 1 aliphatic heterocycles. The maximum Gasteiger partial charge on any atom is 0.309 e. The van der Waals surface area contributed by atoms with Gasteiger partial charge in [-0.15, -0.1) is 0 Å². The molecule has 0 aromatic heterocycles. The largest absolute Gasteiger partial charge is 0.462 e. The van der Waals surface area contributed by atoms with E-state index in [4.69, 9.17) is 9.47 Å². The SMILES string of the molecule is CCCCOCCC1CC(=O)O1. The van der Waals surface area contributed by atoms with Crippen molar-refractivity contribution < 1.29 is 14.3 Å². The fourth-order valence-corrected chi connectivity index (χ4v) is 1.09. The van der Waals surface area contributed by atoms with E-state index in [9.17, 15) is 4.79 Å². The molecule has 0 bridgehead atoms. The monoisotopic (exact) mass is 172 g/mol. The van der Waals surface area contributed by atoms with Crippen LogP contribution >= 0.6 is 0 Å². The molecule has 1 aliphatic rings. The van der Waals surface area contributed by atoms with E-state index in [2.05, 4.69) is 6.92 Å². The highest BCUT2D eigenvalue weighted by Gasteiger charge is 2.27. The number of esters is 1. The van der Waals surface area contributed by atoms with E-state index in [1.807, 2.05) is 0 Å². The molecule has 0 amide bonds.